The van der Waals surface area contributed by atoms with Crippen LogP contribution in [0.4, 0.5) is 11.4 Å². The first-order chi connectivity index (χ1) is 68.5. The molecule has 0 saturated carbocycles. The van der Waals surface area contributed by atoms with E-state index in [-0.39, 0.29) is 51.4 Å². The van der Waals surface area contributed by atoms with Gasteiger partial charge in [0, 0.05) is 127 Å². The quantitative estimate of drug-likeness (QED) is 0.0191. The summed E-state index contributed by atoms with van der Waals surface area (Å²) in [6.07, 6.45) is 0. The summed E-state index contributed by atoms with van der Waals surface area (Å²) in [5.74, 6) is 1.71. The molecule has 0 aliphatic heterocycles. The Bertz CT molecular complexity index is 7860. The van der Waals surface area contributed by atoms with E-state index in [9.17, 15) is 55.7 Å². The van der Waals surface area contributed by atoms with Crippen LogP contribution in [0.3, 0.4) is 0 Å². The average molecular weight is 2100 g/mol. The maximum Gasteiger partial charge on any atom is 0.335 e. The number of phenols is 6. The van der Waals surface area contributed by atoms with Crippen LogP contribution in [0.15, 0.2) is 349 Å². The number of nitrogens with one attached hydrogen (secondary N) is 5. The Labute approximate surface area is 848 Å². The van der Waals surface area contributed by atoms with Gasteiger partial charge >= 0.3 is 5.97 Å². The van der Waals surface area contributed by atoms with Gasteiger partial charge in [0.05, 0.1) is 96.6 Å². The Hall–Kier alpha value is -16.9. The van der Waals surface area contributed by atoms with Crippen LogP contribution >= 0.6 is 78.3 Å². The Morgan fingerprint density at radius 2 is 0.648 bits per heavy atom. The van der Waals surface area contributed by atoms with Crippen molar-refractivity contribution in [3.05, 3.63) is 406 Å². The predicted molar refractivity (Wildman–Crippen MR) is 563 cm³/mol. The van der Waals surface area contributed by atoms with Gasteiger partial charge in [-0.05, 0) is 152 Å². The van der Waals surface area contributed by atoms with Gasteiger partial charge in [-0.2, -0.15) is 0 Å². The van der Waals surface area contributed by atoms with E-state index in [1.165, 1.54) is 56.7 Å². The molecule has 32 heteroatoms. The van der Waals surface area contributed by atoms with Crippen molar-refractivity contribution >= 4 is 95.6 Å². The minimum absolute atomic E-state index is 0.0111. The van der Waals surface area contributed by atoms with Crippen molar-refractivity contribution in [1.29, 1.82) is 0 Å². The normalized spacial score (nSPS) is 10.8. The van der Waals surface area contributed by atoms with Crippen LogP contribution < -0.4 is 9.47 Å². The average Bonchev–Trinajstić information content (AvgIpc) is 1.72. The van der Waals surface area contributed by atoms with Crippen molar-refractivity contribution in [2.24, 2.45) is 0 Å². The molecule has 142 heavy (non-hydrogen) atoms. The number of nitrogens with zero attached hydrogens (tertiary/aromatic N) is 7. The first-order valence-electron chi connectivity index (χ1n) is 43.3. The van der Waals surface area contributed by atoms with Crippen molar-refractivity contribution < 1.29 is 59.9 Å². The van der Waals surface area contributed by atoms with Crippen LogP contribution in [0.1, 0.15) is 21.5 Å². The van der Waals surface area contributed by atoms with Crippen LogP contribution in [0.2, 0.25) is 20.1 Å². The van der Waals surface area contributed by atoms with Crippen molar-refractivity contribution in [1.82, 2.24) is 49.8 Å². The van der Waals surface area contributed by atoms with Gasteiger partial charge in [-0.25, -0.2) is 29.7 Å². The first kappa shape index (κ1) is 98.2. The summed E-state index contributed by atoms with van der Waals surface area (Å²) in [6, 6.07) is 101. The third-order valence-electron chi connectivity index (χ3n) is 22.6. The molecule has 15 aromatic carbocycles. The lowest BCUT2D eigenvalue weighted by atomic mass is 10.0. The highest BCUT2D eigenvalue weighted by Crippen LogP contribution is 2.47. The van der Waals surface area contributed by atoms with Gasteiger partial charge in [0.2, 0.25) is 5.75 Å². The van der Waals surface area contributed by atoms with Crippen LogP contribution in [0, 0.1) is 34.1 Å². The number of imidazole rings is 5. The van der Waals surface area contributed by atoms with Crippen LogP contribution in [-0.4, -0.2) is 116 Å². The van der Waals surface area contributed by atoms with E-state index in [0.717, 1.165) is 104 Å². The lowest BCUT2D eigenvalue weighted by Crippen LogP contribution is -1.95. The van der Waals surface area contributed by atoms with Gasteiger partial charge in [0.1, 0.15) is 34.9 Å². The highest BCUT2D eigenvalue weighted by atomic mass is 79.9. The van der Waals surface area contributed by atoms with E-state index < -0.39 is 15.8 Å². The fraction of sp³-hybridized carbons (Fsp3) is 0.0364. The van der Waals surface area contributed by atoms with Gasteiger partial charge < -0.3 is 70.1 Å². The maximum atomic E-state index is 11.3. The molecule has 0 aliphatic carbocycles. The summed E-state index contributed by atoms with van der Waals surface area (Å²) in [7, 11) is 2.97. The van der Waals surface area contributed by atoms with Gasteiger partial charge in [-0.1, -0.05) is 266 Å². The number of carboxylic acids is 1. The minimum Gasteiger partial charge on any atom is -0.508 e. The molecule has 26 nitrogen and oxygen atoms in total. The molecule has 0 unspecified atom stereocenters. The SMILES string of the molecule is COc1cc(-c2nc(-c3ccc(Cl)cc3)c(-c3ccc(Cl)cc3)[nH]2)cc(OC)c1O.Cc1ccc([N+](=O)[O-])cc1-c1[nH]c(-c2ccc(O)c(O)c2)nc1-c1ccccc1.Cc1ccc([N+](=O)[O-])cc1-c1[nH]c(-c2cccc(O)c2)nc1-c1ccccc1.O=C(O)c1ccc(-c2nc(-c3ccc(Br)cc3)c(-c3ccc(Br)cc3)[nH]2)cc1.Oc1ccc(-c2nc(-c3ccccc3)c(-c3cccc(Cl)c3Cl)[nH]2)cc1O. The number of carboxylic acid groups (broad SMARTS) is 1. The third-order valence-corrected chi connectivity index (χ3v) is 24.9. The van der Waals surface area contributed by atoms with E-state index in [1.54, 1.807) is 91.0 Å². The monoisotopic (exact) mass is 2090 g/mol. The molecule has 706 valence electrons. The summed E-state index contributed by atoms with van der Waals surface area (Å²) in [6.45, 7) is 3.78. The molecule has 0 fully saturated rings. The summed E-state index contributed by atoms with van der Waals surface area (Å²) >= 11 is 31.7. The van der Waals surface area contributed by atoms with E-state index in [4.69, 9.17) is 85.9 Å². The second-order valence-electron chi connectivity index (χ2n) is 31.9. The van der Waals surface area contributed by atoms with Gasteiger partial charge in [0.15, 0.2) is 34.5 Å². The van der Waals surface area contributed by atoms with Gasteiger partial charge in [0.25, 0.3) is 11.4 Å². The number of H-pyrrole nitrogens is 5. The number of halogens is 6. The van der Waals surface area contributed by atoms with Crippen molar-refractivity contribution in [2.45, 2.75) is 13.8 Å². The predicted octanol–water partition coefficient (Wildman–Crippen LogP) is 29.6. The number of aromatic nitrogens is 10. The van der Waals surface area contributed by atoms with Crippen molar-refractivity contribution in [3.63, 3.8) is 0 Å². The third kappa shape index (κ3) is 22.6. The lowest BCUT2D eigenvalue weighted by molar-refractivity contribution is -0.385. The summed E-state index contributed by atoms with van der Waals surface area (Å²) in [5.41, 5.74) is 21.5. The van der Waals surface area contributed by atoms with Crippen LogP contribution in [0.5, 0.6) is 46.0 Å². The summed E-state index contributed by atoms with van der Waals surface area (Å²) in [4.78, 5) is 73.2. The van der Waals surface area contributed by atoms with E-state index in [1.807, 2.05) is 220 Å². The largest absolute Gasteiger partial charge is 0.508 e. The number of aromatic amines is 5. The minimum atomic E-state index is -0.947. The Morgan fingerprint density at radius 1 is 0.324 bits per heavy atom. The van der Waals surface area contributed by atoms with E-state index in [0.29, 0.717) is 117 Å². The number of benzene rings is 15. The van der Waals surface area contributed by atoms with Crippen molar-refractivity contribution in [2.75, 3.05) is 14.2 Å². The van der Waals surface area contributed by atoms with E-state index >= 15 is 0 Å². The highest BCUT2D eigenvalue weighted by Gasteiger charge is 2.27. The zero-order chi connectivity index (χ0) is 100. The molecule has 0 aliphatic rings. The standard InChI is InChI=1S/C23H18Cl2N2O3.C22H14Br2N2O2.C22H17N3O4.C22H17N3O3.C21H14Cl2N2O2/c1-29-18-11-15(12-19(30-2)22(18)28)23-26-20(13-3-7-16(24)8-4-13)21(27-23)14-5-9-17(25)10-6-14;23-17-9-5-13(6-10-17)19-20(14-7-11-18(24)12-8-14)26-21(25-19)15-1-3-16(4-2-15)22(27)28;1-13-7-9-16(25(28)29)12-17(13)21-20(14-5-3-2-4-6-14)23-22(24-21)15-8-10-18(26)19(27)11-15;1-14-10-11-17(25(27)28)13-19(14)21-20(15-6-3-2-4-7-15)23-22(24-21)16-8-5-9-18(26)12-16;22-15-8-4-7-14(18(15)23)20-19(12-5-2-1-3-6-12)24-21(25-20)13-9-10-16(26)17(27)11-13/h3-12,28H,1-2H3,(H,26,27);1-12H,(H,25,26)(H,27,28);2-12,26-27H,1H3,(H,23,24);2-13,26H,1H3,(H,23,24);1-11,26-27H,(H,24,25). The second kappa shape index (κ2) is 43.9. The number of phenolic OH excluding ortho intramolecular Hbond substituents is 6. The Kier molecular flexibility index (Phi) is 30.3. The number of aromatic hydroxyl groups is 6. The number of rotatable bonds is 20. The number of methoxy groups -OCH3 is 2. The maximum absolute atomic E-state index is 11.3. The molecule has 5 heterocycles. The number of nitro groups is 2. The molecule has 12 N–H and O–H groups in total. The first-order valence-corrected chi connectivity index (χ1v) is 46.4. The molecule has 0 atom stereocenters. The molecule has 0 bridgehead atoms. The van der Waals surface area contributed by atoms with Crippen molar-refractivity contribution in [3.8, 4) is 216 Å². The summed E-state index contributed by atoms with van der Waals surface area (Å²) in [5, 5.41) is 92.7. The molecule has 20 rings (SSSR count). The topological polar surface area (TPSA) is 407 Å². The number of aryl methyl sites for hydroxylation is 2. The second-order valence-corrected chi connectivity index (χ2v) is 35.3. The number of hydrogen-bond donors (Lipinski definition) is 12. The number of aromatic carboxylic acids is 1. The molecule has 20 aromatic rings. The van der Waals surface area contributed by atoms with Crippen LogP contribution in [0.25, 0.3) is 170 Å². The Balaban J connectivity index is 0.000000128. The van der Waals surface area contributed by atoms with Gasteiger partial charge in [-0.15, -0.1) is 0 Å². The molecular formula is C110H80Br2Cl4N12O14. The number of non-ortho nitro benzene ring substituents is 2. The zero-order valence-electron chi connectivity index (χ0n) is 75.2. The number of carbonyl (C=O) groups is 1. The molecule has 0 amide bonds. The molecule has 0 saturated heterocycles. The summed E-state index contributed by atoms with van der Waals surface area (Å²) < 4.78 is 12.6. The smallest absolute Gasteiger partial charge is 0.335 e. The molecule has 0 spiro atoms. The fourth-order valence-electron chi connectivity index (χ4n) is 15.3. The number of nitro benzene ring substituents is 2. The Morgan fingerprint density at radius 3 is 1.04 bits per heavy atom. The molecule has 0 radical (unpaired) electrons. The lowest BCUT2D eigenvalue weighted by Gasteiger charge is -2.10. The highest BCUT2D eigenvalue weighted by molar-refractivity contribution is 9.10. The number of ether oxygens (including phenoxy) is 2. The van der Waals surface area contributed by atoms with E-state index in [2.05, 4.69) is 56.8 Å². The number of hydrogen-bond acceptors (Lipinski definition) is 18. The zero-order valence-corrected chi connectivity index (χ0v) is 81.4. The van der Waals surface area contributed by atoms with Crippen LogP contribution in [-0.2, 0) is 0 Å². The van der Waals surface area contributed by atoms with Gasteiger partial charge in [-0.3, -0.25) is 20.2 Å². The fourth-order valence-corrected chi connectivity index (χ4v) is 16.5. The molecule has 5 aromatic heterocycles. The molecular weight excluding hydrogens is 2010 g/mol.